The van der Waals surface area contributed by atoms with Gasteiger partial charge >= 0.3 is 11.9 Å². The van der Waals surface area contributed by atoms with Gasteiger partial charge in [-0.2, -0.15) is 0 Å². The van der Waals surface area contributed by atoms with E-state index in [-0.39, 0.29) is 23.9 Å². The van der Waals surface area contributed by atoms with Crippen LogP contribution in [0.4, 0.5) is 0 Å². The van der Waals surface area contributed by atoms with E-state index < -0.39 is 10.3 Å². The molecule has 1 aliphatic heterocycles. The Kier molecular flexibility index (Phi) is 2.82. The van der Waals surface area contributed by atoms with Gasteiger partial charge < -0.3 is 9.47 Å². The minimum Gasteiger partial charge on any atom is -0.466 e. The molecule has 0 radical (unpaired) electrons. The minimum atomic E-state index is -0.607. The topological polar surface area (TPSA) is 52.6 Å². The van der Waals surface area contributed by atoms with E-state index in [1.165, 1.54) is 13.2 Å². The Labute approximate surface area is 102 Å². The second kappa shape index (κ2) is 3.87. The van der Waals surface area contributed by atoms with Gasteiger partial charge in [-0.3, -0.25) is 4.79 Å². The van der Waals surface area contributed by atoms with Crippen molar-refractivity contribution in [2.45, 2.75) is 23.8 Å². The summed E-state index contributed by atoms with van der Waals surface area (Å²) in [7, 11) is 1.33. The fourth-order valence-corrected chi connectivity index (χ4v) is 3.17. The molecule has 0 amide bonds. The molecule has 0 aromatic heterocycles. The van der Waals surface area contributed by atoms with Crippen molar-refractivity contribution in [3.63, 3.8) is 0 Å². The molecule has 0 spiro atoms. The quantitative estimate of drug-likeness (QED) is 0.438. The van der Waals surface area contributed by atoms with E-state index in [9.17, 15) is 9.59 Å². The number of esters is 2. The van der Waals surface area contributed by atoms with Crippen LogP contribution < -0.4 is 0 Å². The molecule has 1 saturated heterocycles. The van der Waals surface area contributed by atoms with Gasteiger partial charge in [0.05, 0.1) is 13.2 Å². The smallest absolute Gasteiger partial charge is 0.330 e. The molecule has 16 heavy (non-hydrogen) atoms. The summed E-state index contributed by atoms with van der Waals surface area (Å²) in [4.78, 5) is 22.6. The maximum atomic E-state index is 11.7. The van der Waals surface area contributed by atoms with Crippen LogP contribution in [0.3, 0.4) is 0 Å². The van der Waals surface area contributed by atoms with Gasteiger partial charge in [-0.15, -0.1) is 0 Å². The number of ether oxygens (including phenoxy) is 2. The first-order valence-electron chi connectivity index (χ1n) is 5.16. The molecular weight excluding hydrogens is 276 g/mol. The van der Waals surface area contributed by atoms with Gasteiger partial charge in [0.2, 0.25) is 0 Å². The van der Waals surface area contributed by atoms with E-state index in [0.717, 1.165) is 6.42 Å². The second-order valence-corrected chi connectivity index (χ2v) is 5.55. The number of hydrogen-bond acceptors (Lipinski definition) is 4. The highest BCUT2D eigenvalue weighted by Crippen LogP contribution is 2.63. The molecule has 0 bridgehead atoms. The number of fused-ring (bicyclic) bond motifs is 1. The van der Waals surface area contributed by atoms with Gasteiger partial charge in [-0.1, -0.05) is 22.0 Å². The van der Waals surface area contributed by atoms with Crippen molar-refractivity contribution in [2.75, 3.05) is 7.11 Å². The summed E-state index contributed by atoms with van der Waals surface area (Å²) in [5.41, 5.74) is 0. The van der Waals surface area contributed by atoms with Crippen LogP contribution in [0, 0.1) is 11.8 Å². The van der Waals surface area contributed by atoms with Crippen molar-refractivity contribution < 1.29 is 19.1 Å². The molecule has 88 valence electrons. The van der Waals surface area contributed by atoms with Crippen molar-refractivity contribution in [1.29, 1.82) is 0 Å². The average molecular weight is 289 g/mol. The Bertz CT molecular complexity index is 365. The number of carbonyl (C=O) groups is 2. The maximum absolute atomic E-state index is 11.7. The lowest BCUT2D eigenvalue weighted by Crippen LogP contribution is -2.31. The lowest BCUT2D eigenvalue weighted by Gasteiger charge is -2.21. The lowest BCUT2D eigenvalue weighted by atomic mass is 10.1. The third-order valence-electron chi connectivity index (χ3n) is 3.20. The third-order valence-corrected chi connectivity index (χ3v) is 4.64. The van der Waals surface area contributed by atoms with Crippen LogP contribution in [-0.2, 0) is 19.1 Å². The van der Waals surface area contributed by atoms with E-state index >= 15 is 0 Å². The largest absolute Gasteiger partial charge is 0.466 e. The highest BCUT2D eigenvalue weighted by atomic mass is 79.9. The van der Waals surface area contributed by atoms with E-state index in [4.69, 9.17) is 4.74 Å². The van der Waals surface area contributed by atoms with Crippen LogP contribution >= 0.6 is 15.9 Å². The number of methoxy groups -OCH3 is 1. The summed E-state index contributed by atoms with van der Waals surface area (Å²) < 4.78 is 9.07. The first-order chi connectivity index (χ1) is 7.50. The number of allylic oxidation sites excluding steroid dienone is 1. The first kappa shape index (κ1) is 11.6. The van der Waals surface area contributed by atoms with Gasteiger partial charge in [0.1, 0.15) is 4.32 Å². The molecule has 2 aliphatic rings. The molecule has 0 aromatic rings. The van der Waals surface area contributed by atoms with Gasteiger partial charge in [-0.25, -0.2) is 4.79 Å². The Morgan fingerprint density at radius 2 is 2.38 bits per heavy atom. The van der Waals surface area contributed by atoms with E-state index in [2.05, 4.69) is 20.7 Å². The van der Waals surface area contributed by atoms with Crippen LogP contribution in [0.1, 0.15) is 13.3 Å². The van der Waals surface area contributed by atoms with Crippen molar-refractivity contribution in [3.8, 4) is 0 Å². The van der Waals surface area contributed by atoms with E-state index in [0.29, 0.717) is 0 Å². The predicted molar refractivity (Wildman–Crippen MR) is 60.0 cm³/mol. The Morgan fingerprint density at radius 3 is 3.00 bits per heavy atom. The number of carbonyl (C=O) groups excluding carboxylic acids is 2. The molecular formula is C11H13BrO4. The zero-order valence-corrected chi connectivity index (χ0v) is 10.7. The minimum absolute atomic E-state index is 0.0315. The molecule has 1 aliphatic carbocycles. The normalized spacial score (nSPS) is 41.4. The average Bonchev–Trinajstić information content (AvgIpc) is 2.81. The van der Waals surface area contributed by atoms with Crippen LogP contribution in [0.5, 0.6) is 0 Å². The van der Waals surface area contributed by atoms with E-state index in [1.807, 2.05) is 6.92 Å². The van der Waals surface area contributed by atoms with Crippen molar-refractivity contribution in [1.82, 2.24) is 0 Å². The zero-order valence-electron chi connectivity index (χ0n) is 9.10. The summed E-state index contributed by atoms with van der Waals surface area (Å²) in [6.45, 7) is 1.88. The number of rotatable bonds is 2. The van der Waals surface area contributed by atoms with Crippen LogP contribution in [0.2, 0.25) is 0 Å². The summed E-state index contributed by atoms with van der Waals surface area (Å²) in [6.07, 6.45) is 3.88. The molecule has 2 rings (SSSR count). The lowest BCUT2D eigenvalue weighted by molar-refractivity contribution is -0.152. The van der Waals surface area contributed by atoms with Crippen LogP contribution in [0.15, 0.2) is 12.2 Å². The van der Waals surface area contributed by atoms with Gasteiger partial charge in [0.15, 0.2) is 0 Å². The Morgan fingerprint density at radius 1 is 1.69 bits per heavy atom. The fraction of sp³-hybridized carbons (Fsp3) is 0.636. The van der Waals surface area contributed by atoms with Crippen LogP contribution in [0.25, 0.3) is 0 Å². The second-order valence-electron chi connectivity index (χ2n) is 4.23. The molecule has 1 saturated carbocycles. The molecule has 1 heterocycles. The Balaban J connectivity index is 2.07. The number of hydrogen-bond donors (Lipinski definition) is 0. The molecule has 0 unspecified atom stereocenters. The molecule has 0 N–H and O–H groups in total. The number of halogens is 1. The first-order valence-corrected chi connectivity index (χ1v) is 5.95. The summed E-state index contributed by atoms with van der Waals surface area (Å²) in [5.74, 6) is -0.370. The van der Waals surface area contributed by atoms with E-state index in [1.54, 1.807) is 6.08 Å². The molecule has 5 heteroatoms. The predicted octanol–water partition coefficient (Wildman–Crippen LogP) is 1.43. The van der Waals surface area contributed by atoms with Gasteiger partial charge in [0.25, 0.3) is 0 Å². The highest BCUT2D eigenvalue weighted by molar-refractivity contribution is 9.10. The van der Waals surface area contributed by atoms with Gasteiger partial charge in [-0.05, 0) is 19.3 Å². The maximum Gasteiger partial charge on any atom is 0.330 e. The van der Waals surface area contributed by atoms with Gasteiger partial charge in [0, 0.05) is 12.0 Å². The summed E-state index contributed by atoms with van der Waals surface area (Å²) in [6, 6.07) is 0. The fourth-order valence-electron chi connectivity index (χ4n) is 2.26. The number of alkyl halides is 1. The monoisotopic (exact) mass is 288 g/mol. The molecule has 4 nitrogen and oxygen atoms in total. The summed E-state index contributed by atoms with van der Waals surface area (Å²) >= 11 is 3.42. The number of cyclic esters (lactones) is 1. The zero-order chi connectivity index (χ0) is 11.9. The molecule has 2 fully saturated rings. The SMILES string of the molecule is COC(=O)/C=C\[C@@H]1[C@H]2C[C@H](C)OC(=O)[C@@]12Br. The molecule has 4 atom stereocenters. The third kappa shape index (κ3) is 1.67. The standard InChI is InChI=1S/C11H13BrO4/c1-6-5-8-7(3-4-9(13)15-2)11(8,12)10(14)16-6/h3-4,6-8H,5H2,1-2H3/b4-3-/t6-,7+,8+,11+/m0/s1. The highest BCUT2D eigenvalue weighted by Gasteiger charge is 2.70. The van der Waals surface area contributed by atoms with Crippen LogP contribution in [-0.4, -0.2) is 29.5 Å². The van der Waals surface area contributed by atoms with Crippen molar-refractivity contribution in [2.24, 2.45) is 11.8 Å². The molecule has 0 aromatic carbocycles. The Hall–Kier alpha value is -0.840. The van der Waals surface area contributed by atoms with Crippen molar-refractivity contribution >= 4 is 27.9 Å². The summed E-state index contributed by atoms with van der Waals surface area (Å²) in [5, 5.41) is 0. The van der Waals surface area contributed by atoms with Crippen molar-refractivity contribution in [3.05, 3.63) is 12.2 Å².